The molecule has 0 atom stereocenters. The van der Waals surface area contributed by atoms with Gasteiger partial charge in [-0.2, -0.15) is 0 Å². The Kier molecular flexibility index (Phi) is 2.89. The average molecular weight is 222 g/mol. The summed E-state index contributed by atoms with van der Waals surface area (Å²) >= 11 is 0. The number of benzene rings is 1. The van der Waals surface area contributed by atoms with E-state index in [4.69, 9.17) is 10.5 Å². The van der Waals surface area contributed by atoms with Gasteiger partial charge in [-0.1, -0.05) is 12.1 Å². The van der Waals surface area contributed by atoms with Gasteiger partial charge in [-0.05, 0) is 18.4 Å². The highest BCUT2D eigenvalue weighted by Crippen LogP contribution is 2.30. The van der Waals surface area contributed by atoms with Crippen LogP contribution in [-0.2, 0) is 10.3 Å². The topological polar surface area (TPSA) is 78.4 Å². The monoisotopic (exact) mass is 222 g/mol. The summed E-state index contributed by atoms with van der Waals surface area (Å²) in [6, 6.07) is 6.48. The molecular formula is C11H14N2O3. The molecule has 2 rings (SSSR count). The van der Waals surface area contributed by atoms with Gasteiger partial charge in [-0.25, -0.2) is 0 Å². The summed E-state index contributed by atoms with van der Waals surface area (Å²) in [7, 11) is 0. The van der Waals surface area contributed by atoms with Gasteiger partial charge in [-0.3, -0.25) is 10.1 Å². The Morgan fingerprint density at radius 1 is 1.25 bits per heavy atom. The minimum atomic E-state index is -0.406. The molecule has 1 heterocycles. The summed E-state index contributed by atoms with van der Waals surface area (Å²) in [5, 5.41) is 10.5. The van der Waals surface area contributed by atoms with Crippen LogP contribution in [0.5, 0.6) is 0 Å². The number of hydrogen-bond acceptors (Lipinski definition) is 4. The van der Waals surface area contributed by atoms with Crippen LogP contribution in [0.25, 0.3) is 0 Å². The van der Waals surface area contributed by atoms with Gasteiger partial charge in [0.25, 0.3) is 5.69 Å². The van der Waals surface area contributed by atoms with E-state index in [1.54, 1.807) is 12.1 Å². The van der Waals surface area contributed by atoms with E-state index in [1.165, 1.54) is 12.1 Å². The van der Waals surface area contributed by atoms with Crippen LogP contribution in [0.15, 0.2) is 24.3 Å². The predicted molar refractivity (Wildman–Crippen MR) is 59.0 cm³/mol. The van der Waals surface area contributed by atoms with Gasteiger partial charge in [-0.15, -0.1) is 0 Å². The normalized spacial score (nSPS) is 19.3. The number of hydrogen-bond donors (Lipinski definition) is 1. The van der Waals surface area contributed by atoms with Gasteiger partial charge in [0, 0.05) is 30.9 Å². The molecule has 0 aromatic heterocycles. The molecule has 0 aliphatic carbocycles. The average Bonchev–Trinajstić information content (AvgIpc) is 2.30. The van der Waals surface area contributed by atoms with Crippen molar-refractivity contribution in [3.05, 3.63) is 39.9 Å². The lowest BCUT2D eigenvalue weighted by molar-refractivity contribution is -0.384. The Labute approximate surface area is 93.4 Å². The van der Waals surface area contributed by atoms with Crippen molar-refractivity contribution in [2.24, 2.45) is 5.73 Å². The third kappa shape index (κ3) is 2.05. The van der Waals surface area contributed by atoms with Crippen molar-refractivity contribution < 1.29 is 9.66 Å². The summed E-state index contributed by atoms with van der Waals surface area (Å²) < 4.78 is 5.26. The molecule has 0 bridgehead atoms. The summed E-state index contributed by atoms with van der Waals surface area (Å²) in [5.74, 6) is 0. The summed E-state index contributed by atoms with van der Waals surface area (Å²) in [4.78, 5) is 10.1. The van der Waals surface area contributed by atoms with Crippen molar-refractivity contribution in [1.29, 1.82) is 0 Å². The number of nitro benzene ring substituents is 1. The Bertz CT molecular complexity index is 383. The minimum Gasteiger partial charge on any atom is -0.381 e. The van der Waals surface area contributed by atoms with E-state index in [-0.39, 0.29) is 5.69 Å². The Morgan fingerprint density at radius 2 is 1.81 bits per heavy atom. The second-order valence-corrected chi connectivity index (χ2v) is 4.07. The van der Waals surface area contributed by atoms with E-state index in [0.29, 0.717) is 13.2 Å². The lowest BCUT2D eigenvalue weighted by Crippen LogP contribution is -2.42. The highest BCUT2D eigenvalue weighted by Gasteiger charge is 2.30. The summed E-state index contributed by atoms with van der Waals surface area (Å²) in [5.41, 5.74) is 6.90. The van der Waals surface area contributed by atoms with E-state index in [2.05, 4.69) is 0 Å². The second-order valence-electron chi connectivity index (χ2n) is 4.07. The van der Waals surface area contributed by atoms with E-state index >= 15 is 0 Å². The molecule has 0 spiro atoms. The summed E-state index contributed by atoms with van der Waals surface area (Å²) in [6.45, 7) is 1.29. The lowest BCUT2D eigenvalue weighted by Gasteiger charge is -2.33. The number of rotatable bonds is 2. The van der Waals surface area contributed by atoms with Crippen LogP contribution in [0.3, 0.4) is 0 Å². The van der Waals surface area contributed by atoms with E-state index in [1.807, 2.05) is 0 Å². The smallest absolute Gasteiger partial charge is 0.269 e. The van der Waals surface area contributed by atoms with Crippen LogP contribution in [0.4, 0.5) is 5.69 Å². The molecule has 0 saturated carbocycles. The maximum Gasteiger partial charge on any atom is 0.269 e. The molecule has 5 nitrogen and oxygen atoms in total. The van der Waals surface area contributed by atoms with Crippen LogP contribution >= 0.6 is 0 Å². The Hall–Kier alpha value is -1.46. The largest absolute Gasteiger partial charge is 0.381 e. The number of non-ortho nitro benzene ring substituents is 1. The molecule has 1 aromatic rings. The van der Waals surface area contributed by atoms with Crippen molar-refractivity contribution in [3.63, 3.8) is 0 Å². The van der Waals surface area contributed by atoms with Crippen LogP contribution in [0, 0.1) is 10.1 Å². The molecular weight excluding hydrogens is 208 g/mol. The van der Waals surface area contributed by atoms with Gasteiger partial charge < -0.3 is 10.5 Å². The van der Waals surface area contributed by atoms with Crippen molar-refractivity contribution in [1.82, 2.24) is 0 Å². The van der Waals surface area contributed by atoms with Gasteiger partial charge in [0.15, 0.2) is 0 Å². The molecule has 86 valence electrons. The predicted octanol–water partition coefficient (Wildman–Crippen LogP) is 1.56. The molecule has 1 fully saturated rings. The van der Waals surface area contributed by atoms with Gasteiger partial charge in [0.1, 0.15) is 0 Å². The van der Waals surface area contributed by atoms with Gasteiger partial charge >= 0.3 is 0 Å². The van der Waals surface area contributed by atoms with E-state index in [9.17, 15) is 10.1 Å². The SMILES string of the molecule is NC1(c2ccc([N+](=O)[O-])cc2)CCOCC1. The van der Waals surface area contributed by atoms with Crippen molar-refractivity contribution in [3.8, 4) is 0 Å². The third-order valence-electron chi connectivity index (χ3n) is 3.04. The number of nitro groups is 1. The van der Waals surface area contributed by atoms with Crippen LogP contribution < -0.4 is 5.73 Å². The highest BCUT2D eigenvalue weighted by molar-refractivity contribution is 5.36. The fourth-order valence-electron chi connectivity index (χ4n) is 1.94. The molecule has 1 aromatic carbocycles. The zero-order chi connectivity index (χ0) is 11.6. The quantitative estimate of drug-likeness (QED) is 0.608. The summed E-state index contributed by atoms with van der Waals surface area (Å²) in [6.07, 6.45) is 1.51. The number of ether oxygens (including phenoxy) is 1. The van der Waals surface area contributed by atoms with Gasteiger partial charge in [0.05, 0.1) is 4.92 Å². The second kappa shape index (κ2) is 4.19. The van der Waals surface area contributed by atoms with E-state index in [0.717, 1.165) is 18.4 Å². The van der Waals surface area contributed by atoms with Crippen LogP contribution in [0.2, 0.25) is 0 Å². The van der Waals surface area contributed by atoms with Crippen LogP contribution in [0.1, 0.15) is 18.4 Å². The van der Waals surface area contributed by atoms with Crippen LogP contribution in [-0.4, -0.2) is 18.1 Å². The molecule has 0 unspecified atom stereocenters. The maximum absolute atomic E-state index is 10.5. The maximum atomic E-state index is 10.5. The molecule has 0 radical (unpaired) electrons. The molecule has 16 heavy (non-hydrogen) atoms. The molecule has 2 N–H and O–H groups in total. The van der Waals surface area contributed by atoms with E-state index < -0.39 is 10.5 Å². The Balaban J connectivity index is 2.23. The Morgan fingerprint density at radius 3 is 2.31 bits per heavy atom. The van der Waals surface area contributed by atoms with Gasteiger partial charge in [0.2, 0.25) is 0 Å². The molecule has 0 amide bonds. The molecule has 1 saturated heterocycles. The van der Waals surface area contributed by atoms with Crippen molar-refractivity contribution in [2.45, 2.75) is 18.4 Å². The molecule has 5 heteroatoms. The zero-order valence-electron chi connectivity index (χ0n) is 8.89. The minimum absolute atomic E-state index is 0.0967. The number of nitrogens with zero attached hydrogens (tertiary/aromatic N) is 1. The first-order valence-corrected chi connectivity index (χ1v) is 5.23. The number of nitrogens with two attached hydrogens (primary N) is 1. The fourth-order valence-corrected chi connectivity index (χ4v) is 1.94. The first-order valence-electron chi connectivity index (χ1n) is 5.23. The lowest BCUT2D eigenvalue weighted by atomic mass is 9.84. The fraction of sp³-hybridized carbons (Fsp3) is 0.455. The van der Waals surface area contributed by atoms with Crippen molar-refractivity contribution in [2.75, 3.05) is 13.2 Å². The standard InChI is InChI=1S/C11H14N2O3/c12-11(5-7-16-8-6-11)9-1-3-10(4-2-9)13(14)15/h1-4H,5-8,12H2. The first-order chi connectivity index (χ1) is 7.62. The van der Waals surface area contributed by atoms with Crippen molar-refractivity contribution >= 4 is 5.69 Å². The third-order valence-corrected chi connectivity index (χ3v) is 3.04. The molecule has 1 aliphatic heterocycles. The molecule has 1 aliphatic rings. The highest BCUT2D eigenvalue weighted by atomic mass is 16.6. The zero-order valence-corrected chi connectivity index (χ0v) is 8.89. The first kappa shape index (κ1) is 11.0.